The van der Waals surface area contributed by atoms with E-state index in [4.69, 9.17) is 4.74 Å². The van der Waals surface area contributed by atoms with E-state index in [-0.39, 0.29) is 25.4 Å². The predicted octanol–water partition coefficient (Wildman–Crippen LogP) is 2.65. The van der Waals surface area contributed by atoms with Gasteiger partial charge >= 0.3 is 5.97 Å². The molecule has 1 aromatic rings. The number of Topliss-reactive ketones (excluding diaryl/α,β-unsaturated/α-hetero) is 1. The van der Waals surface area contributed by atoms with Crippen LogP contribution in [0.25, 0.3) is 0 Å². The van der Waals surface area contributed by atoms with Crippen LogP contribution in [0.3, 0.4) is 0 Å². The standard InChI is InChI=1S/C14H16F2O4/c1-2-19-14(18)13(17)5-3-4-8-20-10-6-7-11(15)12(16)9-10/h6-7,9H,2-5,8H2,1H3. The zero-order valence-corrected chi connectivity index (χ0v) is 11.2. The minimum absolute atomic E-state index is 0.0833. The van der Waals surface area contributed by atoms with Crippen LogP contribution in [0.5, 0.6) is 5.75 Å². The van der Waals surface area contributed by atoms with Gasteiger partial charge in [0.1, 0.15) is 5.75 Å². The summed E-state index contributed by atoms with van der Waals surface area (Å²) in [6.45, 7) is 2.05. The molecule has 6 heteroatoms. The van der Waals surface area contributed by atoms with Gasteiger partial charge in [-0.1, -0.05) is 0 Å². The summed E-state index contributed by atoms with van der Waals surface area (Å²) in [4.78, 5) is 22.3. The Hall–Kier alpha value is -1.98. The third-order valence-electron chi connectivity index (χ3n) is 2.46. The van der Waals surface area contributed by atoms with E-state index in [1.54, 1.807) is 6.92 Å². The highest BCUT2D eigenvalue weighted by Crippen LogP contribution is 2.15. The van der Waals surface area contributed by atoms with Crippen LogP contribution in [-0.2, 0) is 14.3 Å². The highest BCUT2D eigenvalue weighted by atomic mass is 19.2. The van der Waals surface area contributed by atoms with Crippen LogP contribution in [0.4, 0.5) is 8.78 Å². The SMILES string of the molecule is CCOC(=O)C(=O)CCCCOc1ccc(F)c(F)c1. The molecule has 0 aliphatic carbocycles. The fourth-order valence-electron chi connectivity index (χ4n) is 1.46. The number of hydrogen-bond donors (Lipinski definition) is 0. The van der Waals surface area contributed by atoms with Crippen LogP contribution in [0.1, 0.15) is 26.2 Å². The summed E-state index contributed by atoms with van der Waals surface area (Å²) < 4.78 is 35.3. The molecule has 110 valence electrons. The third-order valence-corrected chi connectivity index (χ3v) is 2.46. The molecule has 4 nitrogen and oxygen atoms in total. The normalized spacial score (nSPS) is 10.2. The van der Waals surface area contributed by atoms with E-state index < -0.39 is 23.4 Å². The van der Waals surface area contributed by atoms with Gasteiger partial charge in [0.05, 0.1) is 13.2 Å². The summed E-state index contributed by atoms with van der Waals surface area (Å²) >= 11 is 0. The summed E-state index contributed by atoms with van der Waals surface area (Å²) in [6.07, 6.45) is 1.06. The van der Waals surface area contributed by atoms with Crippen molar-refractivity contribution in [1.82, 2.24) is 0 Å². The fourth-order valence-corrected chi connectivity index (χ4v) is 1.46. The summed E-state index contributed by atoms with van der Waals surface area (Å²) in [7, 11) is 0. The summed E-state index contributed by atoms with van der Waals surface area (Å²) in [6, 6.07) is 3.26. The Morgan fingerprint density at radius 1 is 1.15 bits per heavy atom. The number of carbonyl (C=O) groups is 2. The first-order valence-electron chi connectivity index (χ1n) is 6.32. The lowest BCUT2D eigenvalue weighted by atomic mass is 10.2. The molecule has 0 aliphatic heterocycles. The molecular formula is C14H16F2O4. The number of carbonyl (C=O) groups excluding carboxylic acids is 2. The van der Waals surface area contributed by atoms with Gasteiger partial charge in [-0.15, -0.1) is 0 Å². The Morgan fingerprint density at radius 3 is 2.55 bits per heavy atom. The van der Waals surface area contributed by atoms with Crippen molar-refractivity contribution in [3.05, 3.63) is 29.8 Å². The Balaban J connectivity index is 2.20. The van der Waals surface area contributed by atoms with Crippen molar-refractivity contribution in [2.24, 2.45) is 0 Å². The van der Waals surface area contributed by atoms with E-state index in [0.717, 1.165) is 12.1 Å². The number of halogens is 2. The lowest BCUT2D eigenvalue weighted by molar-refractivity contribution is -0.153. The smallest absolute Gasteiger partial charge is 0.374 e. The van der Waals surface area contributed by atoms with E-state index in [0.29, 0.717) is 12.8 Å². The van der Waals surface area contributed by atoms with Crippen molar-refractivity contribution in [3.63, 3.8) is 0 Å². The van der Waals surface area contributed by atoms with Crippen molar-refractivity contribution in [2.75, 3.05) is 13.2 Å². The maximum Gasteiger partial charge on any atom is 0.374 e. The van der Waals surface area contributed by atoms with Crippen LogP contribution < -0.4 is 4.74 Å². The second kappa shape index (κ2) is 8.24. The molecule has 0 spiro atoms. The predicted molar refractivity (Wildman–Crippen MR) is 67.3 cm³/mol. The summed E-state index contributed by atoms with van der Waals surface area (Å²) in [5, 5.41) is 0. The van der Waals surface area contributed by atoms with E-state index in [2.05, 4.69) is 4.74 Å². The van der Waals surface area contributed by atoms with Crippen LogP contribution >= 0.6 is 0 Å². The molecule has 0 atom stereocenters. The first-order chi connectivity index (χ1) is 9.54. The molecule has 20 heavy (non-hydrogen) atoms. The lowest BCUT2D eigenvalue weighted by Crippen LogP contribution is -2.17. The molecular weight excluding hydrogens is 270 g/mol. The Bertz CT molecular complexity index is 474. The largest absolute Gasteiger partial charge is 0.493 e. The maximum atomic E-state index is 12.9. The second-order valence-corrected chi connectivity index (χ2v) is 4.03. The van der Waals surface area contributed by atoms with Gasteiger partial charge in [-0.3, -0.25) is 4.79 Å². The highest BCUT2D eigenvalue weighted by Gasteiger charge is 2.13. The molecule has 0 fully saturated rings. The molecule has 0 heterocycles. The van der Waals surface area contributed by atoms with Crippen LogP contribution in [0.2, 0.25) is 0 Å². The van der Waals surface area contributed by atoms with Gasteiger partial charge in [0, 0.05) is 12.5 Å². The van der Waals surface area contributed by atoms with Crippen molar-refractivity contribution in [1.29, 1.82) is 0 Å². The summed E-state index contributed by atoms with van der Waals surface area (Å²) in [5.74, 6) is -3.08. The minimum Gasteiger partial charge on any atom is -0.493 e. The van der Waals surface area contributed by atoms with Crippen molar-refractivity contribution in [2.45, 2.75) is 26.2 Å². The quantitative estimate of drug-likeness (QED) is 0.419. The van der Waals surface area contributed by atoms with Gasteiger partial charge in [0.25, 0.3) is 0 Å². The van der Waals surface area contributed by atoms with Gasteiger partial charge < -0.3 is 9.47 Å². The Kier molecular flexibility index (Phi) is 6.63. The molecule has 0 bridgehead atoms. The van der Waals surface area contributed by atoms with Crippen LogP contribution in [0.15, 0.2) is 18.2 Å². The Morgan fingerprint density at radius 2 is 1.90 bits per heavy atom. The number of unbranched alkanes of at least 4 members (excludes halogenated alkanes) is 1. The fraction of sp³-hybridized carbons (Fsp3) is 0.429. The molecule has 1 aromatic carbocycles. The average Bonchev–Trinajstić information content (AvgIpc) is 2.42. The first kappa shape index (κ1) is 16.1. The van der Waals surface area contributed by atoms with E-state index >= 15 is 0 Å². The van der Waals surface area contributed by atoms with Gasteiger partial charge in [-0.2, -0.15) is 0 Å². The molecule has 0 unspecified atom stereocenters. The van der Waals surface area contributed by atoms with Crippen molar-refractivity contribution in [3.8, 4) is 5.75 Å². The maximum absolute atomic E-state index is 12.9. The third kappa shape index (κ3) is 5.34. The molecule has 0 N–H and O–H groups in total. The van der Waals surface area contributed by atoms with Gasteiger partial charge in [-0.05, 0) is 31.9 Å². The monoisotopic (exact) mass is 286 g/mol. The number of ketones is 1. The number of hydrogen-bond acceptors (Lipinski definition) is 4. The molecule has 1 rings (SSSR count). The zero-order chi connectivity index (χ0) is 15.0. The second-order valence-electron chi connectivity index (χ2n) is 4.03. The van der Waals surface area contributed by atoms with Crippen LogP contribution in [0, 0.1) is 11.6 Å². The van der Waals surface area contributed by atoms with E-state index in [9.17, 15) is 18.4 Å². The van der Waals surface area contributed by atoms with Gasteiger partial charge in [0.2, 0.25) is 5.78 Å². The molecule has 0 aliphatic rings. The highest BCUT2D eigenvalue weighted by molar-refractivity contribution is 6.33. The van der Waals surface area contributed by atoms with Crippen molar-refractivity contribution < 1.29 is 27.8 Å². The first-order valence-corrected chi connectivity index (χ1v) is 6.32. The summed E-state index contributed by atoms with van der Waals surface area (Å²) in [5.41, 5.74) is 0. The molecule has 0 radical (unpaired) electrons. The molecule has 0 saturated heterocycles. The van der Waals surface area contributed by atoms with E-state index in [1.807, 2.05) is 0 Å². The van der Waals surface area contributed by atoms with Gasteiger partial charge in [0.15, 0.2) is 11.6 Å². The molecule has 0 saturated carbocycles. The average molecular weight is 286 g/mol. The number of rotatable bonds is 8. The Labute approximate surface area is 115 Å². The van der Waals surface area contributed by atoms with E-state index in [1.165, 1.54) is 6.07 Å². The minimum atomic E-state index is -0.972. The molecule has 0 aromatic heterocycles. The van der Waals surface area contributed by atoms with Crippen molar-refractivity contribution >= 4 is 11.8 Å². The topological polar surface area (TPSA) is 52.6 Å². The zero-order valence-electron chi connectivity index (χ0n) is 11.2. The number of benzene rings is 1. The number of esters is 1. The van der Waals surface area contributed by atoms with Gasteiger partial charge in [-0.25, -0.2) is 13.6 Å². The number of ether oxygens (including phenoxy) is 2. The van der Waals surface area contributed by atoms with Crippen LogP contribution in [-0.4, -0.2) is 25.0 Å². The lowest BCUT2D eigenvalue weighted by Gasteiger charge is -2.06. The molecule has 0 amide bonds.